The molecule has 0 radical (unpaired) electrons. The van der Waals surface area contributed by atoms with Crippen molar-refractivity contribution in [2.75, 3.05) is 7.11 Å². The van der Waals surface area contributed by atoms with E-state index in [-0.39, 0.29) is 0 Å². The van der Waals surface area contributed by atoms with Crippen molar-refractivity contribution in [3.63, 3.8) is 0 Å². The lowest BCUT2D eigenvalue weighted by molar-refractivity contribution is 0.0934. The first-order valence-corrected chi connectivity index (χ1v) is 6.61. The highest BCUT2D eigenvalue weighted by Gasteiger charge is 2.11. The van der Waals surface area contributed by atoms with E-state index < -0.39 is 11.9 Å². The number of hydrazine groups is 1. The third kappa shape index (κ3) is 4.02. The molecular weight excluding hydrogens is 286 g/mol. The normalized spacial score (nSPS) is 9.91. The highest BCUT2D eigenvalue weighted by Crippen LogP contribution is 2.10. The van der Waals surface area contributed by atoms with Gasteiger partial charge in [0.25, 0.3) is 5.91 Å². The largest absolute Gasteiger partial charge is 0.497 e. The van der Waals surface area contributed by atoms with Crippen LogP contribution < -0.4 is 20.9 Å². The third-order valence-electron chi connectivity index (χ3n) is 3.01. The van der Waals surface area contributed by atoms with Gasteiger partial charge in [-0.3, -0.25) is 10.2 Å². The molecule has 0 aliphatic carbocycles. The zero-order chi connectivity index (χ0) is 15.9. The summed E-state index contributed by atoms with van der Waals surface area (Å²) in [5.74, 6) is 0.791. The zero-order valence-corrected chi connectivity index (χ0v) is 12.3. The second-order valence-corrected chi connectivity index (χ2v) is 4.50. The Morgan fingerprint density at radius 2 is 1.86 bits per heavy atom. The van der Waals surface area contributed by atoms with Crippen LogP contribution in [0.2, 0.25) is 0 Å². The number of carbonyl (C=O) groups is 2. The van der Waals surface area contributed by atoms with E-state index in [1.807, 2.05) is 12.1 Å². The number of benzene rings is 1. The molecule has 0 spiro atoms. The number of hydrogen-bond acceptors (Lipinski definition) is 4. The lowest BCUT2D eigenvalue weighted by Crippen LogP contribution is -2.46. The molecule has 0 unspecified atom stereocenters. The molecule has 0 saturated carbocycles. The van der Waals surface area contributed by atoms with Gasteiger partial charge in [0.15, 0.2) is 0 Å². The molecular formula is C15H17N3O4. The minimum atomic E-state index is -0.509. The quantitative estimate of drug-likeness (QED) is 0.750. The molecule has 22 heavy (non-hydrogen) atoms. The number of hydrogen-bond donors (Lipinski definition) is 3. The van der Waals surface area contributed by atoms with Gasteiger partial charge in [-0.2, -0.15) is 0 Å². The molecule has 0 atom stereocenters. The molecule has 3 N–H and O–H groups in total. The molecule has 0 aliphatic heterocycles. The maximum Gasteiger partial charge on any atom is 0.333 e. The van der Waals surface area contributed by atoms with E-state index in [1.54, 1.807) is 26.2 Å². The summed E-state index contributed by atoms with van der Waals surface area (Å²) in [5, 5.41) is 2.62. The van der Waals surface area contributed by atoms with Gasteiger partial charge in [0.05, 0.1) is 18.9 Å². The predicted molar refractivity (Wildman–Crippen MR) is 79.3 cm³/mol. The second-order valence-electron chi connectivity index (χ2n) is 4.50. The fraction of sp³-hybridized carbons (Fsp3) is 0.200. The van der Waals surface area contributed by atoms with Crippen molar-refractivity contribution in [3.05, 3.63) is 53.5 Å². The molecule has 0 bridgehead atoms. The molecule has 2 rings (SSSR count). The topological polar surface area (TPSA) is 92.6 Å². The van der Waals surface area contributed by atoms with Crippen molar-refractivity contribution < 1.29 is 18.7 Å². The molecule has 1 aromatic carbocycles. The van der Waals surface area contributed by atoms with Crippen molar-refractivity contribution in [1.82, 2.24) is 16.2 Å². The molecule has 7 nitrogen and oxygen atoms in total. The summed E-state index contributed by atoms with van der Waals surface area (Å²) in [4.78, 5) is 23.4. The molecule has 3 amide bonds. The van der Waals surface area contributed by atoms with Gasteiger partial charge in [-0.25, -0.2) is 10.2 Å². The van der Waals surface area contributed by atoms with Gasteiger partial charge in [0.1, 0.15) is 11.5 Å². The van der Waals surface area contributed by atoms with Crippen LogP contribution >= 0.6 is 0 Å². The lowest BCUT2D eigenvalue weighted by atomic mass is 10.2. The second kappa shape index (κ2) is 7.16. The summed E-state index contributed by atoms with van der Waals surface area (Å²) in [5.41, 5.74) is 5.85. The van der Waals surface area contributed by atoms with Crippen LogP contribution in [-0.4, -0.2) is 19.0 Å². The Bertz CT molecular complexity index is 649. The van der Waals surface area contributed by atoms with Gasteiger partial charge in [-0.1, -0.05) is 12.1 Å². The van der Waals surface area contributed by atoms with Crippen molar-refractivity contribution in [2.45, 2.75) is 13.5 Å². The summed E-state index contributed by atoms with van der Waals surface area (Å²) in [7, 11) is 1.59. The van der Waals surface area contributed by atoms with E-state index in [4.69, 9.17) is 9.15 Å². The summed E-state index contributed by atoms with van der Waals surface area (Å²) in [6.07, 6.45) is 1.41. The van der Waals surface area contributed by atoms with E-state index in [1.165, 1.54) is 12.3 Å². The number of urea groups is 1. The first kappa shape index (κ1) is 15.4. The summed E-state index contributed by atoms with van der Waals surface area (Å²) < 4.78 is 10.1. The minimum absolute atomic E-state index is 0.330. The molecule has 7 heteroatoms. The molecule has 0 aliphatic rings. The van der Waals surface area contributed by atoms with Crippen LogP contribution in [0.5, 0.6) is 5.75 Å². The van der Waals surface area contributed by atoms with Crippen LogP contribution in [0.25, 0.3) is 0 Å². The number of aryl methyl sites for hydroxylation is 1. The number of ether oxygens (including phenoxy) is 1. The van der Waals surface area contributed by atoms with Crippen LogP contribution in [-0.2, 0) is 6.54 Å². The van der Waals surface area contributed by atoms with Gasteiger partial charge in [-0.05, 0) is 30.7 Å². The Morgan fingerprint density at radius 1 is 1.14 bits per heavy atom. The van der Waals surface area contributed by atoms with Gasteiger partial charge >= 0.3 is 6.03 Å². The number of furan rings is 1. The first-order valence-electron chi connectivity index (χ1n) is 6.61. The lowest BCUT2D eigenvalue weighted by Gasteiger charge is -2.09. The van der Waals surface area contributed by atoms with Crippen molar-refractivity contribution in [1.29, 1.82) is 0 Å². The Kier molecular flexibility index (Phi) is 5.02. The number of carbonyl (C=O) groups excluding carboxylic acids is 2. The van der Waals surface area contributed by atoms with Crippen molar-refractivity contribution in [3.8, 4) is 5.75 Å². The molecule has 0 saturated heterocycles. The maximum atomic E-state index is 11.7. The van der Waals surface area contributed by atoms with E-state index in [0.717, 1.165) is 11.3 Å². The van der Waals surface area contributed by atoms with Gasteiger partial charge in [0, 0.05) is 6.54 Å². The Hall–Kier alpha value is -2.96. The standard InChI is InChI=1S/C15H17N3O4/c1-10-13(7-8-22-10)14(19)17-18-15(20)16-9-11-3-5-12(21-2)6-4-11/h3-8H,9H2,1-2H3,(H,17,19)(H2,16,18,20). The Morgan fingerprint density at radius 3 is 2.45 bits per heavy atom. The van der Waals surface area contributed by atoms with Crippen molar-refractivity contribution >= 4 is 11.9 Å². The summed E-state index contributed by atoms with van der Waals surface area (Å²) in [6.45, 7) is 2.00. The number of methoxy groups -OCH3 is 1. The number of nitrogens with one attached hydrogen (secondary N) is 3. The molecule has 0 fully saturated rings. The van der Waals surface area contributed by atoms with Crippen LogP contribution in [0.1, 0.15) is 21.7 Å². The predicted octanol–water partition coefficient (Wildman–Crippen LogP) is 1.74. The average Bonchev–Trinajstić information content (AvgIpc) is 2.97. The zero-order valence-electron chi connectivity index (χ0n) is 12.3. The fourth-order valence-corrected chi connectivity index (χ4v) is 1.77. The maximum absolute atomic E-state index is 11.7. The SMILES string of the molecule is COc1ccc(CNC(=O)NNC(=O)c2ccoc2C)cc1. The minimum Gasteiger partial charge on any atom is -0.497 e. The van der Waals surface area contributed by atoms with E-state index >= 15 is 0 Å². The summed E-state index contributed by atoms with van der Waals surface area (Å²) in [6, 6.07) is 8.31. The fourth-order valence-electron chi connectivity index (χ4n) is 1.77. The number of amides is 3. The monoisotopic (exact) mass is 303 g/mol. The highest BCUT2D eigenvalue weighted by molar-refractivity contribution is 5.95. The van der Waals surface area contributed by atoms with E-state index in [2.05, 4.69) is 16.2 Å². The van der Waals surface area contributed by atoms with E-state index in [0.29, 0.717) is 17.9 Å². The van der Waals surface area contributed by atoms with Crippen LogP contribution in [0.4, 0.5) is 4.79 Å². The third-order valence-corrected chi connectivity index (χ3v) is 3.01. The molecule has 1 heterocycles. The van der Waals surface area contributed by atoms with E-state index in [9.17, 15) is 9.59 Å². The van der Waals surface area contributed by atoms with Gasteiger partial charge in [0.2, 0.25) is 0 Å². The van der Waals surface area contributed by atoms with Crippen LogP contribution in [0.3, 0.4) is 0 Å². The van der Waals surface area contributed by atoms with Crippen molar-refractivity contribution in [2.24, 2.45) is 0 Å². The Labute approximate surface area is 127 Å². The van der Waals surface area contributed by atoms with Crippen LogP contribution in [0.15, 0.2) is 41.0 Å². The molecule has 116 valence electrons. The van der Waals surface area contributed by atoms with Gasteiger partial charge < -0.3 is 14.5 Å². The number of rotatable bonds is 4. The molecule has 1 aromatic heterocycles. The summed E-state index contributed by atoms with van der Waals surface area (Å²) >= 11 is 0. The smallest absolute Gasteiger partial charge is 0.333 e. The average molecular weight is 303 g/mol. The van der Waals surface area contributed by atoms with Crippen LogP contribution in [0, 0.1) is 6.92 Å². The van der Waals surface area contributed by atoms with Gasteiger partial charge in [-0.15, -0.1) is 0 Å². The Balaban J connectivity index is 1.76. The highest BCUT2D eigenvalue weighted by atomic mass is 16.5. The molecule has 2 aromatic rings. The first-order chi connectivity index (χ1) is 10.6.